The van der Waals surface area contributed by atoms with Gasteiger partial charge in [-0.1, -0.05) is 23.7 Å². The van der Waals surface area contributed by atoms with Crippen molar-refractivity contribution in [2.45, 2.75) is 12.3 Å². The molecule has 1 aromatic heterocycles. The summed E-state index contributed by atoms with van der Waals surface area (Å²) in [6.07, 6.45) is -4.43. The molecule has 0 spiro atoms. The lowest BCUT2D eigenvalue weighted by Crippen LogP contribution is -2.29. The van der Waals surface area contributed by atoms with Crippen molar-refractivity contribution in [3.05, 3.63) is 64.4 Å². The number of carbonyl (C=O) groups excluding carboxylic acids is 1. The van der Waals surface area contributed by atoms with Gasteiger partial charge in [0.05, 0.1) is 11.7 Å². The second-order valence-corrected chi connectivity index (χ2v) is 5.14. The van der Waals surface area contributed by atoms with Crippen LogP contribution in [0.4, 0.5) is 13.2 Å². The molecule has 0 radical (unpaired) electrons. The number of carbonyl (C=O) groups is 1. The molecule has 2 N–H and O–H groups in total. The van der Waals surface area contributed by atoms with E-state index in [0.29, 0.717) is 5.02 Å². The van der Waals surface area contributed by atoms with Gasteiger partial charge in [0.1, 0.15) is 5.69 Å². The maximum absolute atomic E-state index is 12.6. The predicted molar refractivity (Wildman–Crippen MR) is 78.0 cm³/mol. The molecule has 0 aliphatic heterocycles. The summed E-state index contributed by atoms with van der Waals surface area (Å²) in [5, 5.41) is 12.6. The van der Waals surface area contributed by atoms with Crippen LogP contribution in [-0.4, -0.2) is 22.5 Å². The van der Waals surface area contributed by atoms with Crippen molar-refractivity contribution in [2.24, 2.45) is 0 Å². The lowest BCUT2D eigenvalue weighted by molar-refractivity contribution is -0.137. The number of hydrogen-bond donors (Lipinski definition) is 2. The zero-order chi connectivity index (χ0) is 17.0. The Morgan fingerprint density at radius 3 is 2.70 bits per heavy atom. The number of nitrogens with zero attached hydrogens (tertiary/aromatic N) is 1. The Hall–Kier alpha value is -2.12. The fraction of sp³-hybridized carbons (Fsp3) is 0.200. The lowest BCUT2D eigenvalue weighted by Gasteiger charge is -2.14. The van der Waals surface area contributed by atoms with Crippen molar-refractivity contribution >= 4 is 17.5 Å². The number of aliphatic hydroxyl groups is 1. The van der Waals surface area contributed by atoms with Crippen LogP contribution >= 0.6 is 11.6 Å². The molecule has 1 atom stereocenters. The van der Waals surface area contributed by atoms with E-state index in [1.54, 1.807) is 0 Å². The van der Waals surface area contributed by atoms with Crippen LogP contribution in [0.25, 0.3) is 0 Å². The van der Waals surface area contributed by atoms with Gasteiger partial charge in [-0.2, -0.15) is 13.2 Å². The number of hydrogen-bond acceptors (Lipinski definition) is 3. The van der Waals surface area contributed by atoms with E-state index < -0.39 is 23.8 Å². The summed E-state index contributed by atoms with van der Waals surface area (Å²) >= 11 is 5.73. The predicted octanol–water partition coefficient (Wildman–Crippen LogP) is 3.22. The SMILES string of the molecule is O=C(NCC(O)c1cccc(C(F)(F)F)c1)c1cc(Cl)ccn1. The Morgan fingerprint density at radius 1 is 1.30 bits per heavy atom. The minimum atomic E-state index is -4.50. The van der Waals surface area contributed by atoms with Gasteiger partial charge in [-0.05, 0) is 29.8 Å². The first-order valence-corrected chi connectivity index (χ1v) is 6.90. The van der Waals surface area contributed by atoms with E-state index in [1.165, 1.54) is 30.5 Å². The molecule has 4 nitrogen and oxygen atoms in total. The third kappa shape index (κ3) is 4.67. The molecule has 0 bridgehead atoms. The molecule has 1 heterocycles. The highest BCUT2D eigenvalue weighted by atomic mass is 35.5. The van der Waals surface area contributed by atoms with Crippen LogP contribution in [0.2, 0.25) is 5.02 Å². The molecule has 0 saturated heterocycles. The molecule has 1 amide bonds. The largest absolute Gasteiger partial charge is 0.416 e. The third-order valence-corrected chi connectivity index (χ3v) is 3.24. The lowest BCUT2D eigenvalue weighted by atomic mass is 10.1. The van der Waals surface area contributed by atoms with E-state index in [1.807, 2.05) is 0 Å². The van der Waals surface area contributed by atoms with Crippen molar-refractivity contribution < 1.29 is 23.1 Å². The number of aromatic nitrogens is 1. The molecule has 8 heteroatoms. The molecule has 1 aromatic carbocycles. The monoisotopic (exact) mass is 344 g/mol. The van der Waals surface area contributed by atoms with Crippen LogP contribution in [-0.2, 0) is 6.18 Å². The van der Waals surface area contributed by atoms with E-state index in [9.17, 15) is 23.1 Å². The van der Waals surface area contributed by atoms with Gasteiger partial charge >= 0.3 is 6.18 Å². The Kier molecular flexibility index (Phi) is 5.23. The zero-order valence-corrected chi connectivity index (χ0v) is 12.4. The highest BCUT2D eigenvalue weighted by Crippen LogP contribution is 2.30. The summed E-state index contributed by atoms with van der Waals surface area (Å²) < 4.78 is 37.9. The summed E-state index contributed by atoms with van der Waals surface area (Å²) in [7, 11) is 0. The van der Waals surface area contributed by atoms with Gasteiger partial charge < -0.3 is 10.4 Å². The molecule has 0 fully saturated rings. The second kappa shape index (κ2) is 6.97. The molecule has 0 aliphatic rings. The number of pyridine rings is 1. The highest BCUT2D eigenvalue weighted by Gasteiger charge is 2.30. The van der Waals surface area contributed by atoms with Gasteiger partial charge in [0, 0.05) is 17.8 Å². The van der Waals surface area contributed by atoms with Gasteiger partial charge in [0.25, 0.3) is 5.91 Å². The van der Waals surface area contributed by atoms with Gasteiger partial charge in [0.15, 0.2) is 0 Å². The molecule has 0 aliphatic carbocycles. The Bertz CT molecular complexity index is 707. The number of benzene rings is 1. The summed E-state index contributed by atoms with van der Waals surface area (Å²) in [5.41, 5.74) is -0.759. The average Bonchev–Trinajstić information content (AvgIpc) is 2.51. The minimum absolute atomic E-state index is 0.0498. The maximum Gasteiger partial charge on any atom is 0.416 e. The van der Waals surface area contributed by atoms with Crippen molar-refractivity contribution in [3.8, 4) is 0 Å². The van der Waals surface area contributed by atoms with Gasteiger partial charge in [-0.3, -0.25) is 9.78 Å². The average molecular weight is 345 g/mol. The second-order valence-electron chi connectivity index (χ2n) is 4.71. The molecule has 1 unspecified atom stereocenters. The smallest absolute Gasteiger partial charge is 0.387 e. The van der Waals surface area contributed by atoms with Crippen molar-refractivity contribution in [3.63, 3.8) is 0 Å². The normalized spacial score (nSPS) is 12.7. The maximum atomic E-state index is 12.6. The molecule has 122 valence electrons. The van der Waals surface area contributed by atoms with Crippen molar-refractivity contribution in [2.75, 3.05) is 6.54 Å². The van der Waals surface area contributed by atoms with Crippen LogP contribution < -0.4 is 5.32 Å². The number of alkyl halides is 3. The first-order valence-electron chi connectivity index (χ1n) is 6.52. The standard InChI is InChI=1S/C15H12ClF3N2O2/c16-11-4-5-20-12(7-11)14(23)21-8-13(22)9-2-1-3-10(6-9)15(17,18)19/h1-7,13,22H,8H2,(H,21,23). The van der Waals surface area contributed by atoms with E-state index in [4.69, 9.17) is 11.6 Å². The quantitative estimate of drug-likeness (QED) is 0.895. The molecule has 23 heavy (non-hydrogen) atoms. The Morgan fingerprint density at radius 2 is 2.04 bits per heavy atom. The molecule has 2 aromatic rings. The summed E-state index contributed by atoms with van der Waals surface area (Å²) in [5.74, 6) is -0.585. The van der Waals surface area contributed by atoms with Crippen LogP contribution in [0, 0.1) is 0 Å². The van der Waals surface area contributed by atoms with E-state index in [2.05, 4.69) is 10.3 Å². The Balaban J connectivity index is 2.02. The van der Waals surface area contributed by atoms with E-state index in [-0.39, 0.29) is 17.8 Å². The third-order valence-electron chi connectivity index (χ3n) is 3.01. The number of nitrogens with one attached hydrogen (secondary N) is 1. The van der Waals surface area contributed by atoms with Crippen molar-refractivity contribution in [1.29, 1.82) is 0 Å². The van der Waals surface area contributed by atoms with Gasteiger partial charge in [-0.25, -0.2) is 0 Å². The number of rotatable bonds is 4. The van der Waals surface area contributed by atoms with Gasteiger partial charge in [0.2, 0.25) is 0 Å². The van der Waals surface area contributed by atoms with Crippen LogP contribution in [0.3, 0.4) is 0 Å². The van der Waals surface area contributed by atoms with Crippen molar-refractivity contribution in [1.82, 2.24) is 10.3 Å². The Labute approximate surface area is 134 Å². The van der Waals surface area contributed by atoms with E-state index in [0.717, 1.165) is 12.1 Å². The minimum Gasteiger partial charge on any atom is -0.387 e. The number of aliphatic hydroxyl groups excluding tert-OH is 1. The molecular formula is C15H12ClF3N2O2. The van der Waals surface area contributed by atoms with Crippen LogP contribution in [0.15, 0.2) is 42.6 Å². The van der Waals surface area contributed by atoms with Gasteiger partial charge in [-0.15, -0.1) is 0 Å². The summed E-state index contributed by atoms with van der Waals surface area (Å²) in [4.78, 5) is 15.6. The molecule has 2 rings (SSSR count). The number of amides is 1. The summed E-state index contributed by atoms with van der Waals surface area (Å²) in [6.45, 7) is -0.256. The first kappa shape index (κ1) is 17.2. The number of halogens is 4. The fourth-order valence-corrected chi connectivity index (χ4v) is 2.01. The van der Waals surface area contributed by atoms with Crippen LogP contribution in [0.1, 0.15) is 27.7 Å². The topological polar surface area (TPSA) is 62.2 Å². The molecular weight excluding hydrogens is 333 g/mol. The highest BCUT2D eigenvalue weighted by molar-refractivity contribution is 6.30. The first-order chi connectivity index (χ1) is 10.8. The van der Waals surface area contributed by atoms with Crippen LogP contribution in [0.5, 0.6) is 0 Å². The fourth-order valence-electron chi connectivity index (χ4n) is 1.85. The van der Waals surface area contributed by atoms with E-state index >= 15 is 0 Å². The zero-order valence-electron chi connectivity index (χ0n) is 11.6. The molecule has 0 saturated carbocycles. The summed E-state index contributed by atoms with van der Waals surface area (Å²) in [6, 6.07) is 7.13.